The van der Waals surface area contributed by atoms with E-state index < -0.39 is 11.4 Å². The van der Waals surface area contributed by atoms with Crippen molar-refractivity contribution in [1.29, 1.82) is 0 Å². The molecule has 0 aliphatic heterocycles. The minimum atomic E-state index is -0.973. The molecule has 1 saturated carbocycles. The molecule has 2 rings (SSSR count). The highest BCUT2D eigenvalue weighted by Gasteiger charge is 2.53. The Morgan fingerprint density at radius 2 is 1.90 bits per heavy atom. The lowest BCUT2D eigenvalue weighted by atomic mass is 9.94. The zero-order chi connectivity index (χ0) is 14.8. The number of carbonyl (C=O) groups is 2. The van der Waals surface area contributed by atoms with Crippen molar-refractivity contribution in [3.8, 4) is 0 Å². The molecule has 1 aromatic carbocycles. The van der Waals surface area contributed by atoms with Gasteiger partial charge in [-0.3, -0.25) is 9.59 Å². The number of carbonyl (C=O) groups excluding carboxylic acids is 1. The third-order valence-corrected chi connectivity index (χ3v) is 3.92. The molecule has 1 aliphatic carbocycles. The molecular formula is C15H18ClNO3. The Balaban J connectivity index is 2.21. The Bertz CT molecular complexity index is 508. The lowest BCUT2D eigenvalue weighted by molar-refractivity contribution is -0.145. The van der Waals surface area contributed by atoms with Crippen LogP contribution in [0.3, 0.4) is 0 Å². The monoisotopic (exact) mass is 295 g/mol. The number of carboxylic acids is 1. The largest absolute Gasteiger partial charge is 0.480 e. The van der Waals surface area contributed by atoms with Crippen LogP contribution in [0.4, 0.5) is 0 Å². The van der Waals surface area contributed by atoms with Crippen molar-refractivity contribution in [1.82, 2.24) is 4.90 Å². The maximum Gasteiger partial charge on any atom is 0.323 e. The summed E-state index contributed by atoms with van der Waals surface area (Å²) in [4.78, 5) is 25.0. The van der Waals surface area contributed by atoms with Crippen molar-refractivity contribution < 1.29 is 14.7 Å². The normalized spacial score (nSPS) is 15.7. The minimum Gasteiger partial charge on any atom is -0.480 e. The molecule has 1 fully saturated rings. The fourth-order valence-corrected chi connectivity index (χ4v) is 2.63. The second-order valence-corrected chi connectivity index (χ2v) is 5.65. The van der Waals surface area contributed by atoms with Crippen molar-refractivity contribution in [2.75, 3.05) is 13.1 Å². The van der Waals surface area contributed by atoms with Gasteiger partial charge < -0.3 is 10.0 Å². The first-order chi connectivity index (χ1) is 9.49. The van der Waals surface area contributed by atoms with E-state index in [1.807, 2.05) is 19.1 Å². The molecule has 1 aromatic rings. The first-order valence-corrected chi connectivity index (χ1v) is 7.14. The maximum atomic E-state index is 12.7. The van der Waals surface area contributed by atoms with Gasteiger partial charge in [0.15, 0.2) is 0 Å². The van der Waals surface area contributed by atoms with Crippen LogP contribution in [-0.4, -0.2) is 35.0 Å². The fraction of sp³-hybridized carbons (Fsp3) is 0.467. The first kappa shape index (κ1) is 14.9. The number of hydrogen-bond donors (Lipinski definition) is 1. The number of benzene rings is 1. The highest BCUT2D eigenvalue weighted by molar-refractivity contribution is 6.30. The van der Waals surface area contributed by atoms with Crippen molar-refractivity contribution in [2.24, 2.45) is 0 Å². The molecule has 1 amide bonds. The van der Waals surface area contributed by atoms with Gasteiger partial charge in [0.05, 0.1) is 5.41 Å². The van der Waals surface area contributed by atoms with Crippen LogP contribution >= 0.6 is 11.6 Å². The summed E-state index contributed by atoms with van der Waals surface area (Å²) in [5.74, 6) is -1.05. The van der Waals surface area contributed by atoms with E-state index in [9.17, 15) is 9.59 Å². The van der Waals surface area contributed by atoms with Crippen LogP contribution in [0.5, 0.6) is 0 Å². The zero-order valence-corrected chi connectivity index (χ0v) is 12.2. The van der Waals surface area contributed by atoms with E-state index in [0.717, 1.165) is 24.8 Å². The van der Waals surface area contributed by atoms with Crippen LogP contribution < -0.4 is 0 Å². The van der Waals surface area contributed by atoms with Crippen LogP contribution in [-0.2, 0) is 15.0 Å². The molecule has 0 bridgehead atoms. The molecule has 0 aromatic heterocycles. The van der Waals surface area contributed by atoms with Crippen molar-refractivity contribution in [3.63, 3.8) is 0 Å². The third-order valence-electron chi connectivity index (χ3n) is 3.66. The van der Waals surface area contributed by atoms with Gasteiger partial charge in [-0.1, -0.05) is 30.7 Å². The average Bonchev–Trinajstić information content (AvgIpc) is 3.19. The van der Waals surface area contributed by atoms with E-state index in [1.54, 1.807) is 12.1 Å². The van der Waals surface area contributed by atoms with Crippen molar-refractivity contribution in [2.45, 2.75) is 31.6 Å². The fourth-order valence-electron chi connectivity index (χ4n) is 2.51. The quantitative estimate of drug-likeness (QED) is 0.878. The second-order valence-electron chi connectivity index (χ2n) is 5.21. The lowest BCUT2D eigenvalue weighted by Crippen LogP contribution is -2.42. The molecule has 0 radical (unpaired) electrons. The van der Waals surface area contributed by atoms with Gasteiger partial charge in [-0.15, -0.1) is 0 Å². The van der Waals surface area contributed by atoms with Crippen molar-refractivity contribution in [3.05, 3.63) is 34.9 Å². The summed E-state index contributed by atoms with van der Waals surface area (Å²) in [5.41, 5.74) is 0.397. The van der Waals surface area contributed by atoms with Crippen LogP contribution in [0.2, 0.25) is 5.02 Å². The number of nitrogens with zero attached hydrogens (tertiary/aromatic N) is 1. The van der Waals surface area contributed by atoms with E-state index in [-0.39, 0.29) is 12.5 Å². The SMILES string of the molecule is CCCN(CC(=O)O)C(=O)C1(c2ccc(Cl)cc2)CC1. The van der Waals surface area contributed by atoms with Crippen molar-refractivity contribution >= 4 is 23.5 Å². The summed E-state index contributed by atoms with van der Waals surface area (Å²) < 4.78 is 0. The summed E-state index contributed by atoms with van der Waals surface area (Å²) >= 11 is 5.87. The second kappa shape index (κ2) is 5.83. The summed E-state index contributed by atoms with van der Waals surface area (Å²) in [7, 11) is 0. The maximum absolute atomic E-state index is 12.7. The molecule has 108 valence electrons. The van der Waals surface area contributed by atoms with E-state index >= 15 is 0 Å². The molecule has 0 unspecified atom stereocenters. The molecular weight excluding hydrogens is 278 g/mol. The van der Waals surface area contributed by atoms with E-state index in [4.69, 9.17) is 16.7 Å². The molecule has 0 saturated heterocycles. The van der Waals surface area contributed by atoms with Crippen LogP contribution in [0.25, 0.3) is 0 Å². The summed E-state index contributed by atoms with van der Waals surface area (Å²) in [6, 6.07) is 7.26. The minimum absolute atomic E-state index is 0.0796. The van der Waals surface area contributed by atoms with Crippen LogP contribution in [0.15, 0.2) is 24.3 Å². The topological polar surface area (TPSA) is 57.6 Å². The molecule has 4 nitrogen and oxygen atoms in total. The third kappa shape index (κ3) is 2.96. The molecule has 1 aliphatic rings. The number of rotatable bonds is 6. The average molecular weight is 296 g/mol. The molecule has 5 heteroatoms. The Hall–Kier alpha value is -1.55. The Morgan fingerprint density at radius 3 is 2.35 bits per heavy atom. The van der Waals surface area contributed by atoms with E-state index in [1.165, 1.54) is 4.90 Å². The number of amides is 1. The first-order valence-electron chi connectivity index (χ1n) is 6.77. The predicted molar refractivity (Wildman–Crippen MR) is 76.9 cm³/mol. The smallest absolute Gasteiger partial charge is 0.323 e. The number of hydrogen-bond acceptors (Lipinski definition) is 2. The van der Waals surface area contributed by atoms with Gasteiger partial charge in [0.1, 0.15) is 6.54 Å². The Labute approximate surface area is 123 Å². The van der Waals surface area contributed by atoms with Crippen LogP contribution in [0.1, 0.15) is 31.7 Å². The van der Waals surface area contributed by atoms with Gasteiger partial charge in [0.2, 0.25) is 5.91 Å². The summed E-state index contributed by atoms with van der Waals surface area (Å²) in [6.45, 7) is 2.17. The van der Waals surface area contributed by atoms with Gasteiger partial charge in [0.25, 0.3) is 0 Å². The number of halogens is 1. The summed E-state index contributed by atoms with van der Waals surface area (Å²) in [6.07, 6.45) is 2.29. The van der Waals surface area contributed by atoms with Gasteiger partial charge in [0, 0.05) is 11.6 Å². The summed E-state index contributed by atoms with van der Waals surface area (Å²) in [5, 5.41) is 9.57. The Morgan fingerprint density at radius 1 is 1.30 bits per heavy atom. The van der Waals surface area contributed by atoms with Gasteiger partial charge in [-0.2, -0.15) is 0 Å². The number of aliphatic carboxylic acids is 1. The van der Waals surface area contributed by atoms with Gasteiger partial charge in [-0.25, -0.2) is 0 Å². The zero-order valence-electron chi connectivity index (χ0n) is 11.4. The standard InChI is InChI=1S/C15H18ClNO3/c1-2-9-17(10-13(18)19)14(20)15(7-8-15)11-3-5-12(16)6-4-11/h3-6H,2,7-10H2,1H3,(H,18,19). The van der Waals surface area contributed by atoms with Gasteiger partial charge >= 0.3 is 5.97 Å². The molecule has 1 N–H and O–H groups in total. The van der Waals surface area contributed by atoms with Crippen LogP contribution in [0, 0.1) is 0 Å². The molecule has 0 atom stereocenters. The molecule has 0 heterocycles. The highest BCUT2D eigenvalue weighted by atomic mass is 35.5. The number of carboxylic acid groups (broad SMARTS) is 1. The van der Waals surface area contributed by atoms with Gasteiger partial charge in [-0.05, 0) is 37.0 Å². The highest BCUT2D eigenvalue weighted by Crippen LogP contribution is 2.49. The lowest BCUT2D eigenvalue weighted by Gasteiger charge is -2.26. The Kier molecular flexibility index (Phi) is 4.33. The molecule has 20 heavy (non-hydrogen) atoms. The van der Waals surface area contributed by atoms with E-state index in [0.29, 0.717) is 11.6 Å². The molecule has 0 spiro atoms. The predicted octanol–water partition coefficient (Wildman–Crippen LogP) is 2.69. The van der Waals surface area contributed by atoms with E-state index in [2.05, 4.69) is 0 Å².